The van der Waals surface area contributed by atoms with Gasteiger partial charge in [-0.2, -0.15) is 9.37 Å². The predicted octanol–water partition coefficient (Wildman–Crippen LogP) is 6.10. The maximum absolute atomic E-state index is 16.6. The Balaban J connectivity index is 1.22. The first-order valence-corrected chi connectivity index (χ1v) is 14.2. The van der Waals surface area contributed by atoms with E-state index in [1.54, 1.807) is 28.8 Å². The van der Waals surface area contributed by atoms with Crippen molar-refractivity contribution in [2.24, 2.45) is 5.92 Å². The summed E-state index contributed by atoms with van der Waals surface area (Å²) in [6.07, 6.45) is 3.38. The first-order valence-electron chi connectivity index (χ1n) is 14.2. The minimum absolute atomic E-state index is 0.0526. The van der Waals surface area contributed by atoms with Crippen molar-refractivity contribution in [3.05, 3.63) is 59.5 Å². The van der Waals surface area contributed by atoms with Gasteiger partial charge in [0.15, 0.2) is 5.58 Å². The third kappa shape index (κ3) is 5.50. The number of alkyl halides is 1. The van der Waals surface area contributed by atoms with E-state index in [-0.39, 0.29) is 24.6 Å². The van der Waals surface area contributed by atoms with Crippen molar-refractivity contribution >= 4 is 33.8 Å². The fraction of sp³-hybridized carbons (Fsp3) is 0.452. The van der Waals surface area contributed by atoms with Crippen molar-refractivity contribution in [1.29, 1.82) is 0 Å². The maximum atomic E-state index is 16.6. The van der Waals surface area contributed by atoms with Crippen LogP contribution in [0, 0.1) is 18.7 Å². The summed E-state index contributed by atoms with van der Waals surface area (Å²) in [5.74, 6) is -4.31. The summed E-state index contributed by atoms with van der Waals surface area (Å²) in [4.78, 5) is 30.7. The quantitative estimate of drug-likeness (QED) is 0.245. The van der Waals surface area contributed by atoms with Crippen molar-refractivity contribution in [3.8, 4) is 6.01 Å². The zero-order chi connectivity index (χ0) is 28.7. The number of aliphatic carboxylic acids is 1. The van der Waals surface area contributed by atoms with Gasteiger partial charge in [0.25, 0.3) is 0 Å². The molecule has 2 aliphatic rings. The highest BCUT2D eigenvalue weighted by atomic mass is 19.2. The number of ether oxygens (including phenoxy) is 1. The second kappa shape index (κ2) is 11.0. The summed E-state index contributed by atoms with van der Waals surface area (Å²) in [5, 5.41) is 9.82. The molecule has 1 atom stereocenters. The number of oxazole rings is 1. The minimum Gasteiger partial charge on any atom is -0.481 e. The summed E-state index contributed by atoms with van der Waals surface area (Å²) in [6, 6.07) is 11.9. The lowest BCUT2D eigenvalue weighted by atomic mass is 9.85. The van der Waals surface area contributed by atoms with Crippen LogP contribution in [0.4, 0.5) is 8.78 Å². The molecule has 1 saturated carbocycles. The Labute approximate surface area is 235 Å². The number of ketones is 1. The molecule has 1 saturated heterocycles. The molecule has 10 heteroatoms. The highest BCUT2D eigenvalue weighted by Crippen LogP contribution is 2.35. The van der Waals surface area contributed by atoms with Crippen LogP contribution in [0.2, 0.25) is 0 Å². The van der Waals surface area contributed by atoms with E-state index in [2.05, 4.69) is 4.98 Å². The number of halogens is 2. The Hall–Kier alpha value is -3.63. The number of likely N-dealkylation sites (tertiary alicyclic amines) is 1. The fourth-order valence-corrected chi connectivity index (χ4v) is 6.28. The van der Waals surface area contributed by atoms with Crippen molar-refractivity contribution in [2.75, 3.05) is 13.1 Å². The van der Waals surface area contributed by atoms with Crippen molar-refractivity contribution in [3.63, 3.8) is 0 Å². The number of aromatic nitrogens is 2. The molecule has 1 N–H and O–H groups in total. The zero-order valence-corrected chi connectivity index (χ0v) is 22.9. The summed E-state index contributed by atoms with van der Waals surface area (Å²) in [7, 11) is 0. The van der Waals surface area contributed by atoms with Gasteiger partial charge in [0.1, 0.15) is 11.3 Å². The Morgan fingerprint density at radius 2 is 1.85 bits per heavy atom. The van der Waals surface area contributed by atoms with Gasteiger partial charge in [-0.1, -0.05) is 6.07 Å². The first kappa shape index (κ1) is 27.5. The SMILES string of the molecule is Cc1cc2cc(F)ccc2n1-c1nc2ccc(CC(=O)C(F)(OC3CCC(CC(=O)O)CC3)N3CCCC3)cc2o1. The standard InChI is InChI=1S/C31H33F2N3O5/c1-19-14-22-18-23(32)7-11-26(22)36(19)30-34-25-10-6-21(15-27(25)40-30)16-28(37)31(33,35-12-2-3-13-35)41-24-8-4-20(5-9-24)17-29(38)39/h6-7,10-11,14-15,18,20,24H,2-5,8-9,12-13,16-17H2,1H3,(H,38,39). The maximum Gasteiger partial charge on any atom is 0.330 e. The molecule has 216 valence electrons. The predicted molar refractivity (Wildman–Crippen MR) is 148 cm³/mol. The van der Waals surface area contributed by atoms with E-state index in [0.29, 0.717) is 61.5 Å². The molecule has 2 aromatic carbocycles. The Morgan fingerprint density at radius 1 is 1.10 bits per heavy atom. The number of carbonyl (C=O) groups excluding carboxylic acids is 1. The van der Waals surface area contributed by atoms with Gasteiger partial charge in [0.2, 0.25) is 5.78 Å². The molecular formula is C31H33F2N3O5. The van der Waals surface area contributed by atoms with Crippen molar-refractivity contribution < 1.29 is 32.6 Å². The normalized spacial score (nSPS) is 21.4. The third-order valence-corrected chi connectivity index (χ3v) is 8.38. The van der Waals surface area contributed by atoms with Crippen LogP contribution in [-0.2, 0) is 20.7 Å². The van der Waals surface area contributed by atoms with E-state index in [0.717, 1.165) is 29.4 Å². The Kier molecular flexibility index (Phi) is 7.37. The molecule has 1 unspecified atom stereocenters. The molecule has 2 fully saturated rings. The smallest absolute Gasteiger partial charge is 0.330 e. The number of nitrogens with zero attached hydrogens (tertiary/aromatic N) is 3. The number of rotatable bonds is 9. The van der Waals surface area contributed by atoms with Crippen molar-refractivity contribution in [2.45, 2.75) is 70.4 Å². The summed E-state index contributed by atoms with van der Waals surface area (Å²) in [6.45, 7) is 2.76. The summed E-state index contributed by atoms with van der Waals surface area (Å²) in [5.41, 5.74) is 3.20. The monoisotopic (exact) mass is 565 g/mol. The molecule has 0 bridgehead atoms. The third-order valence-electron chi connectivity index (χ3n) is 8.38. The number of Topliss-reactive ketones (excluding diaryl/α,β-unsaturated/α-hetero) is 1. The Morgan fingerprint density at radius 3 is 2.59 bits per heavy atom. The lowest BCUT2D eigenvalue weighted by Gasteiger charge is -2.38. The van der Waals surface area contributed by atoms with E-state index in [4.69, 9.17) is 14.3 Å². The summed E-state index contributed by atoms with van der Waals surface area (Å²) >= 11 is 0. The number of aryl methyl sites for hydroxylation is 1. The van der Waals surface area contributed by atoms with Gasteiger partial charge in [-0.05, 0) is 93.3 Å². The average molecular weight is 566 g/mol. The van der Waals surface area contributed by atoms with Gasteiger partial charge >= 0.3 is 18.0 Å². The lowest BCUT2D eigenvalue weighted by Crippen LogP contribution is -2.54. The molecule has 6 rings (SSSR count). The molecular weight excluding hydrogens is 532 g/mol. The highest BCUT2D eigenvalue weighted by Gasteiger charge is 2.48. The van der Waals surface area contributed by atoms with E-state index in [1.165, 1.54) is 17.0 Å². The molecule has 41 heavy (non-hydrogen) atoms. The van der Waals surface area contributed by atoms with Crippen LogP contribution < -0.4 is 0 Å². The first-order chi connectivity index (χ1) is 19.7. The van der Waals surface area contributed by atoms with E-state index in [1.807, 2.05) is 13.0 Å². The van der Waals surface area contributed by atoms with Crippen LogP contribution in [0.1, 0.15) is 56.2 Å². The number of carboxylic acid groups (broad SMARTS) is 1. The van der Waals surface area contributed by atoms with Crippen LogP contribution in [0.5, 0.6) is 0 Å². The van der Waals surface area contributed by atoms with E-state index < -0.39 is 23.8 Å². The largest absolute Gasteiger partial charge is 0.481 e. The molecule has 0 spiro atoms. The van der Waals surface area contributed by atoms with Crippen LogP contribution in [0.3, 0.4) is 0 Å². The van der Waals surface area contributed by atoms with Crippen LogP contribution in [0.25, 0.3) is 28.0 Å². The van der Waals surface area contributed by atoms with Gasteiger partial charge in [-0.15, -0.1) is 0 Å². The molecule has 3 heterocycles. The number of carboxylic acids is 1. The van der Waals surface area contributed by atoms with Crippen LogP contribution in [-0.4, -0.2) is 56.5 Å². The van der Waals surface area contributed by atoms with Gasteiger partial charge < -0.3 is 14.3 Å². The molecule has 2 aromatic heterocycles. The number of benzene rings is 2. The molecule has 0 amide bonds. The zero-order valence-electron chi connectivity index (χ0n) is 22.9. The van der Waals surface area contributed by atoms with Crippen LogP contribution >= 0.6 is 0 Å². The molecule has 1 aliphatic carbocycles. The highest BCUT2D eigenvalue weighted by molar-refractivity contribution is 5.88. The second-order valence-corrected chi connectivity index (χ2v) is 11.3. The van der Waals surface area contributed by atoms with Gasteiger partial charge in [0.05, 0.1) is 11.6 Å². The number of hydrogen-bond donors (Lipinski definition) is 1. The summed E-state index contributed by atoms with van der Waals surface area (Å²) < 4.78 is 44.1. The fourth-order valence-electron chi connectivity index (χ4n) is 6.28. The van der Waals surface area contributed by atoms with Crippen LogP contribution in [0.15, 0.2) is 46.9 Å². The molecule has 4 aromatic rings. The topological polar surface area (TPSA) is 97.8 Å². The van der Waals surface area contributed by atoms with Gasteiger partial charge in [-0.3, -0.25) is 14.2 Å². The van der Waals surface area contributed by atoms with E-state index in [9.17, 15) is 14.0 Å². The van der Waals surface area contributed by atoms with Crippen molar-refractivity contribution in [1.82, 2.24) is 14.5 Å². The van der Waals surface area contributed by atoms with E-state index >= 15 is 4.39 Å². The lowest BCUT2D eigenvalue weighted by molar-refractivity contribution is -0.252. The number of carbonyl (C=O) groups is 2. The molecule has 1 aliphatic heterocycles. The minimum atomic E-state index is -2.54. The molecule has 8 nitrogen and oxygen atoms in total. The van der Waals surface area contributed by atoms with Gasteiger partial charge in [-0.25, -0.2) is 9.29 Å². The van der Waals surface area contributed by atoms with Gasteiger partial charge in [0, 0.05) is 37.0 Å². The number of hydrogen-bond acceptors (Lipinski definition) is 6. The number of fused-ring (bicyclic) bond motifs is 2. The second-order valence-electron chi connectivity index (χ2n) is 11.3. The Bertz CT molecular complexity index is 1600. The average Bonchev–Trinajstić information content (AvgIpc) is 3.67. The molecule has 0 radical (unpaired) electrons.